The molecule has 0 aromatic carbocycles. The van der Waals surface area contributed by atoms with Gasteiger partial charge >= 0.3 is 0 Å². The highest BCUT2D eigenvalue weighted by Crippen LogP contribution is 2.29. The molecule has 12 heavy (non-hydrogen) atoms. The topological polar surface area (TPSA) is 27.7 Å². The van der Waals surface area contributed by atoms with Gasteiger partial charge in [-0.1, -0.05) is 0 Å². The molecule has 2 unspecified atom stereocenters. The molecule has 0 aromatic rings. The Bertz CT molecular complexity index is 167. The molecule has 0 bridgehead atoms. The second-order valence-electron chi connectivity index (χ2n) is 3.92. The average Bonchev–Trinajstić information content (AvgIpc) is 2.02. The Balaban J connectivity index is 1.99. The van der Waals surface area contributed by atoms with E-state index in [1.165, 1.54) is 0 Å². The maximum Gasteiger partial charge on any atom is 0.163 e. The van der Waals surface area contributed by atoms with Crippen molar-refractivity contribution in [1.29, 1.82) is 0 Å². The minimum atomic E-state index is -0.415. The van der Waals surface area contributed by atoms with Crippen molar-refractivity contribution >= 4 is 0 Å². The van der Waals surface area contributed by atoms with E-state index in [-0.39, 0.29) is 12.2 Å². The molecular formula is C9H16O3. The molecule has 0 spiro atoms. The summed E-state index contributed by atoms with van der Waals surface area (Å²) in [6.45, 7) is 5.45. The van der Waals surface area contributed by atoms with Gasteiger partial charge in [0.2, 0.25) is 0 Å². The van der Waals surface area contributed by atoms with Gasteiger partial charge in [0, 0.05) is 6.61 Å². The maximum atomic E-state index is 5.73. The maximum absolute atomic E-state index is 5.73. The van der Waals surface area contributed by atoms with E-state index in [9.17, 15) is 0 Å². The lowest BCUT2D eigenvalue weighted by Gasteiger charge is -2.42. The second kappa shape index (κ2) is 2.98. The summed E-state index contributed by atoms with van der Waals surface area (Å²) in [6, 6.07) is 0. The largest absolute Gasteiger partial charge is 0.373 e. The zero-order valence-electron chi connectivity index (χ0n) is 7.71. The Morgan fingerprint density at radius 3 is 2.92 bits per heavy atom. The van der Waals surface area contributed by atoms with Crippen LogP contribution >= 0.6 is 0 Å². The lowest BCUT2D eigenvalue weighted by Crippen LogP contribution is -2.51. The molecule has 2 rings (SSSR count). The molecule has 2 saturated heterocycles. The summed E-state index contributed by atoms with van der Waals surface area (Å²) in [4.78, 5) is 0. The SMILES string of the molecule is CC1(C)OCC2OCCCC2O1. The van der Waals surface area contributed by atoms with Crippen LogP contribution < -0.4 is 0 Å². The van der Waals surface area contributed by atoms with E-state index in [1.807, 2.05) is 13.8 Å². The number of ether oxygens (including phenoxy) is 3. The summed E-state index contributed by atoms with van der Waals surface area (Å²) < 4.78 is 16.7. The zero-order chi connectivity index (χ0) is 8.60. The quantitative estimate of drug-likeness (QED) is 0.551. The van der Waals surface area contributed by atoms with E-state index >= 15 is 0 Å². The summed E-state index contributed by atoms with van der Waals surface area (Å²) in [5.41, 5.74) is 0. The van der Waals surface area contributed by atoms with E-state index in [4.69, 9.17) is 14.2 Å². The van der Waals surface area contributed by atoms with Gasteiger partial charge in [-0.2, -0.15) is 0 Å². The van der Waals surface area contributed by atoms with Crippen molar-refractivity contribution < 1.29 is 14.2 Å². The number of hydrogen-bond acceptors (Lipinski definition) is 3. The first-order valence-electron chi connectivity index (χ1n) is 4.61. The van der Waals surface area contributed by atoms with E-state index in [1.54, 1.807) is 0 Å². The van der Waals surface area contributed by atoms with Crippen LogP contribution in [0.5, 0.6) is 0 Å². The molecule has 0 saturated carbocycles. The van der Waals surface area contributed by atoms with Gasteiger partial charge in [-0.25, -0.2) is 0 Å². The van der Waals surface area contributed by atoms with Crippen molar-refractivity contribution in [2.45, 2.75) is 44.7 Å². The van der Waals surface area contributed by atoms with E-state index in [0.717, 1.165) is 19.4 Å². The van der Waals surface area contributed by atoms with E-state index < -0.39 is 5.79 Å². The first-order chi connectivity index (χ1) is 5.67. The van der Waals surface area contributed by atoms with Crippen molar-refractivity contribution in [1.82, 2.24) is 0 Å². The highest BCUT2D eigenvalue weighted by atomic mass is 16.7. The standard InChI is InChI=1S/C9H16O3/c1-9(2)11-6-8-7(12-9)4-3-5-10-8/h7-8H,3-6H2,1-2H3. The lowest BCUT2D eigenvalue weighted by atomic mass is 10.0. The summed E-state index contributed by atoms with van der Waals surface area (Å²) in [6.07, 6.45) is 2.64. The third-order valence-electron chi connectivity index (χ3n) is 2.41. The molecule has 2 aliphatic rings. The second-order valence-corrected chi connectivity index (χ2v) is 3.92. The molecule has 2 atom stereocenters. The summed E-state index contributed by atoms with van der Waals surface area (Å²) in [7, 11) is 0. The Kier molecular flexibility index (Phi) is 2.10. The molecule has 2 fully saturated rings. The fourth-order valence-electron chi connectivity index (χ4n) is 1.78. The molecule has 3 heteroatoms. The Morgan fingerprint density at radius 1 is 1.25 bits per heavy atom. The van der Waals surface area contributed by atoms with Crippen LogP contribution in [0.4, 0.5) is 0 Å². The first kappa shape index (κ1) is 8.48. The molecule has 70 valence electrons. The van der Waals surface area contributed by atoms with Crippen molar-refractivity contribution in [2.24, 2.45) is 0 Å². The average molecular weight is 172 g/mol. The molecular weight excluding hydrogens is 156 g/mol. The van der Waals surface area contributed by atoms with Gasteiger partial charge in [0.1, 0.15) is 6.10 Å². The van der Waals surface area contributed by atoms with Crippen LogP contribution in [0.3, 0.4) is 0 Å². The summed E-state index contributed by atoms with van der Waals surface area (Å²) in [5, 5.41) is 0. The van der Waals surface area contributed by atoms with Gasteiger partial charge in [-0.05, 0) is 26.7 Å². The normalized spacial score (nSPS) is 40.5. The van der Waals surface area contributed by atoms with Gasteiger partial charge in [0.25, 0.3) is 0 Å². The Labute approximate surface area is 73.0 Å². The minimum Gasteiger partial charge on any atom is -0.373 e. The summed E-state index contributed by atoms with van der Waals surface area (Å²) >= 11 is 0. The Hall–Kier alpha value is -0.120. The molecule has 0 amide bonds. The molecule has 3 nitrogen and oxygen atoms in total. The molecule has 2 aliphatic heterocycles. The third-order valence-corrected chi connectivity index (χ3v) is 2.41. The number of rotatable bonds is 0. The van der Waals surface area contributed by atoms with Crippen LogP contribution in [0.1, 0.15) is 26.7 Å². The molecule has 0 radical (unpaired) electrons. The monoisotopic (exact) mass is 172 g/mol. The predicted molar refractivity (Wildman–Crippen MR) is 43.9 cm³/mol. The fourth-order valence-corrected chi connectivity index (χ4v) is 1.78. The van der Waals surface area contributed by atoms with Crippen molar-refractivity contribution in [2.75, 3.05) is 13.2 Å². The number of hydrogen-bond donors (Lipinski definition) is 0. The predicted octanol–water partition coefficient (Wildman–Crippen LogP) is 1.32. The first-order valence-corrected chi connectivity index (χ1v) is 4.61. The van der Waals surface area contributed by atoms with Crippen LogP contribution in [0.25, 0.3) is 0 Å². The molecule has 0 aliphatic carbocycles. The van der Waals surface area contributed by atoms with Gasteiger partial charge in [-0.3, -0.25) is 0 Å². The third kappa shape index (κ3) is 1.63. The van der Waals surface area contributed by atoms with Crippen LogP contribution in [-0.2, 0) is 14.2 Å². The van der Waals surface area contributed by atoms with Crippen molar-refractivity contribution in [3.63, 3.8) is 0 Å². The van der Waals surface area contributed by atoms with Crippen LogP contribution in [0, 0.1) is 0 Å². The van der Waals surface area contributed by atoms with Gasteiger partial charge < -0.3 is 14.2 Å². The smallest absolute Gasteiger partial charge is 0.163 e. The van der Waals surface area contributed by atoms with Crippen LogP contribution in [0.2, 0.25) is 0 Å². The van der Waals surface area contributed by atoms with Crippen LogP contribution in [-0.4, -0.2) is 31.2 Å². The molecule has 0 N–H and O–H groups in total. The minimum absolute atomic E-state index is 0.173. The zero-order valence-corrected chi connectivity index (χ0v) is 7.71. The van der Waals surface area contributed by atoms with E-state index in [0.29, 0.717) is 6.61 Å². The highest BCUT2D eigenvalue weighted by Gasteiger charge is 2.38. The van der Waals surface area contributed by atoms with Gasteiger partial charge in [-0.15, -0.1) is 0 Å². The number of fused-ring (bicyclic) bond motifs is 1. The summed E-state index contributed by atoms with van der Waals surface area (Å²) in [5.74, 6) is -0.415. The molecule has 2 heterocycles. The molecule has 0 aromatic heterocycles. The fraction of sp³-hybridized carbons (Fsp3) is 1.00. The van der Waals surface area contributed by atoms with Gasteiger partial charge in [0.15, 0.2) is 5.79 Å². The Morgan fingerprint density at radius 2 is 2.08 bits per heavy atom. The lowest BCUT2D eigenvalue weighted by molar-refractivity contribution is -0.319. The van der Waals surface area contributed by atoms with E-state index in [2.05, 4.69) is 0 Å². The highest BCUT2D eigenvalue weighted by molar-refractivity contribution is 4.80. The van der Waals surface area contributed by atoms with Gasteiger partial charge in [0.05, 0.1) is 12.7 Å². The van der Waals surface area contributed by atoms with Crippen molar-refractivity contribution in [3.8, 4) is 0 Å². The van der Waals surface area contributed by atoms with Crippen LogP contribution in [0.15, 0.2) is 0 Å². The van der Waals surface area contributed by atoms with Crippen molar-refractivity contribution in [3.05, 3.63) is 0 Å².